The van der Waals surface area contributed by atoms with Gasteiger partial charge < -0.3 is 0 Å². The van der Waals surface area contributed by atoms with Crippen molar-refractivity contribution in [2.24, 2.45) is 11.3 Å². The minimum Gasteiger partial charge on any atom is -0.207 e. The van der Waals surface area contributed by atoms with Gasteiger partial charge in [-0.25, -0.2) is 4.39 Å². The zero-order chi connectivity index (χ0) is 23.4. The van der Waals surface area contributed by atoms with Crippen LogP contribution in [0.15, 0.2) is 73.3 Å². The fraction of sp³-hybridized carbons (Fsp3) is 0.484. The Morgan fingerprint density at radius 1 is 1.06 bits per heavy atom. The lowest BCUT2D eigenvalue weighted by molar-refractivity contribution is 0.365. The number of rotatable bonds is 14. The number of unbranched alkanes of at least 4 members (excludes halogenated alkanes) is 1. The second-order valence-electron chi connectivity index (χ2n) is 9.94. The summed E-state index contributed by atoms with van der Waals surface area (Å²) in [6, 6.07) is 16.6. The summed E-state index contributed by atoms with van der Waals surface area (Å²) in [7, 11) is 0. The van der Waals surface area contributed by atoms with Crippen LogP contribution in [0.3, 0.4) is 0 Å². The van der Waals surface area contributed by atoms with E-state index in [0.29, 0.717) is 11.8 Å². The molecule has 0 spiro atoms. The lowest BCUT2D eigenvalue weighted by Crippen LogP contribution is -2.15. The number of aryl methyl sites for hydroxylation is 2. The molecule has 0 saturated carbocycles. The van der Waals surface area contributed by atoms with Crippen LogP contribution in [0.2, 0.25) is 0 Å². The largest absolute Gasteiger partial charge is 0.207 e. The van der Waals surface area contributed by atoms with Crippen molar-refractivity contribution in [3.05, 3.63) is 95.8 Å². The van der Waals surface area contributed by atoms with Gasteiger partial charge in [0, 0.05) is 0 Å². The molecule has 2 aromatic rings. The van der Waals surface area contributed by atoms with Crippen molar-refractivity contribution in [1.82, 2.24) is 0 Å². The Labute approximate surface area is 196 Å². The predicted molar refractivity (Wildman–Crippen MR) is 139 cm³/mol. The van der Waals surface area contributed by atoms with Crippen LogP contribution >= 0.6 is 0 Å². The molecule has 2 rings (SSSR count). The molecule has 0 bridgehead atoms. The summed E-state index contributed by atoms with van der Waals surface area (Å²) in [5.74, 6) is 1.16. The Morgan fingerprint density at radius 3 is 2.47 bits per heavy atom. The van der Waals surface area contributed by atoms with Crippen LogP contribution in [0.25, 0.3) is 0 Å². The normalized spacial score (nSPS) is 15.4. The third kappa shape index (κ3) is 8.77. The van der Waals surface area contributed by atoms with Crippen molar-refractivity contribution in [3.8, 4) is 0 Å². The van der Waals surface area contributed by atoms with Gasteiger partial charge in [0.15, 0.2) is 0 Å². The molecule has 0 aliphatic carbocycles. The Kier molecular flexibility index (Phi) is 10.9. The fourth-order valence-corrected chi connectivity index (χ4v) is 4.49. The molecule has 174 valence electrons. The third-order valence-electron chi connectivity index (χ3n) is 6.83. The molecule has 0 fully saturated rings. The maximum absolute atomic E-state index is 14.5. The average Bonchev–Trinajstić information content (AvgIpc) is 2.79. The second kappa shape index (κ2) is 13.4. The smallest absolute Gasteiger partial charge is 0.126 e. The van der Waals surface area contributed by atoms with E-state index >= 15 is 0 Å². The summed E-state index contributed by atoms with van der Waals surface area (Å²) in [6.07, 6.45) is 14.8. The number of hydrogen-bond donors (Lipinski definition) is 0. The molecule has 0 aliphatic rings. The van der Waals surface area contributed by atoms with E-state index in [2.05, 4.69) is 82.8 Å². The summed E-state index contributed by atoms with van der Waals surface area (Å²) >= 11 is 0. The van der Waals surface area contributed by atoms with Crippen molar-refractivity contribution in [3.63, 3.8) is 0 Å². The van der Waals surface area contributed by atoms with E-state index in [1.165, 1.54) is 12.0 Å². The van der Waals surface area contributed by atoms with Crippen LogP contribution in [0.4, 0.5) is 4.39 Å². The number of halogens is 1. The summed E-state index contributed by atoms with van der Waals surface area (Å²) in [6.45, 7) is 13.1. The summed E-state index contributed by atoms with van der Waals surface area (Å²) in [4.78, 5) is 0. The van der Waals surface area contributed by atoms with E-state index < -0.39 is 0 Å². The highest BCUT2D eigenvalue weighted by molar-refractivity contribution is 5.25. The molecule has 0 saturated heterocycles. The second-order valence-corrected chi connectivity index (χ2v) is 9.94. The van der Waals surface area contributed by atoms with Gasteiger partial charge in [-0.3, -0.25) is 0 Å². The maximum Gasteiger partial charge on any atom is 0.126 e. The highest BCUT2D eigenvalue weighted by Crippen LogP contribution is 2.36. The van der Waals surface area contributed by atoms with Crippen molar-refractivity contribution in [2.75, 3.05) is 0 Å². The van der Waals surface area contributed by atoms with Crippen molar-refractivity contribution in [2.45, 2.75) is 85.0 Å². The van der Waals surface area contributed by atoms with Gasteiger partial charge in [0.2, 0.25) is 0 Å². The molecule has 2 unspecified atom stereocenters. The SMILES string of the molecule is C=CCC(C)(/C=C\CCCc1ccc(CCC(C)CC)cc1F)C[C@H](C)c1ccccc1. The van der Waals surface area contributed by atoms with Gasteiger partial charge >= 0.3 is 0 Å². The lowest BCUT2D eigenvalue weighted by atomic mass is 9.76. The molecule has 0 aliphatic heterocycles. The first-order chi connectivity index (χ1) is 15.4. The zero-order valence-electron chi connectivity index (χ0n) is 20.7. The molecular formula is C31H43F. The van der Waals surface area contributed by atoms with Gasteiger partial charge in [0.25, 0.3) is 0 Å². The van der Waals surface area contributed by atoms with Crippen molar-refractivity contribution >= 4 is 0 Å². The van der Waals surface area contributed by atoms with Gasteiger partial charge in [0.1, 0.15) is 5.82 Å². The zero-order valence-corrected chi connectivity index (χ0v) is 20.7. The third-order valence-corrected chi connectivity index (χ3v) is 6.83. The molecule has 1 heteroatoms. The van der Waals surface area contributed by atoms with E-state index in [1.807, 2.05) is 12.1 Å². The van der Waals surface area contributed by atoms with E-state index in [1.54, 1.807) is 6.07 Å². The van der Waals surface area contributed by atoms with Gasteiger partial charge in [-0.15, -0.1) is 6.58 Å². The Bertz CT molecular complexity index is 835. The van der Waals surface area contributed by atoms with Crippen LogP contribution in [0.1, 0.15) is 88.8 Å². The van der Waals surface area contributed by atoms with Crippen LogP contribution in [-0.4, -0.2) is 0 Å². The number of benzene rings is 2. The highest BCUT2D eigenvalue weighted by Gasteiger charge is 2.23. The molecule has 0 heterocycles. The van der Waals surface area contributed by atoms with E-state index in [0.717, 1.165) is 56.1 Å². The standard InChI is InChI=1S/C31H43F/c1-6-21-31(5,24-26(4)28-14-10-8-11-15-28)22-13-9-12-16-29-20-19-27(23-30(29)32)18-17-25(3)7-2/h6,8,10-11,13-15,19-20,22-23,25-26H,1,7,9,12,16-18,21,24H2,2-5H3/b22-13-/t25?,26-,31?/m0/s1. The molecule has 3 atom stereocenters. The van der Waals surface area contributed by atoms with Gasteiger partial charge in [-0.2, -0.15) is 0 Å². The molecular weight excluding hydrogens is 391 g/mol. The predicted octanol–water partition coefficient (Wildman–Crippen LogP) is 9.46. The van der Waals surface area contributed by atoms with Crippen molar-refractivity contribution in [1.29, 1.82) is 0 Å². The van der Waals surface area contributed by atoms with Crippen LogP contribution in [-0.2, 0) is 12.8 Å². The Morgan fingerprint density at radius 2 is 1.81 bits per heavy atom. The molecule has 0 radical (unpaired) electrons. The Hall–Kier alpha value is -2.15. The van der Waals surface area contributed by atoms with Crippen molar-refractivity contribution < 1.29 is 4.39 Å². The molecule has 0 nitrogen and oxygen atoms in total. The highest BCUT2D eigenvalue weighted by atomic mass is 19.1. The first-order valence-corrected chi connectivity index (χ1v) is 12.5. The first-order valence-electron chi connectivity index (χ1n) is 12.5. The summed E-state index contributed by atoms with van der Waals surface area (Å²) in [5.41, 5.74) is 3.45. The van der Waals surface area contributed by atoms with Crippen LogP contribution < -0.4 is 0 Å². The molecule has 32 heavy (non-hydrogen) atoms. The van der Waals surface area contributed by atoms with Gasteiger partial charge in [-0.05, 0) is 85.0 Å². The monoisotopic (exact) mass is 434 g/mol. The molecule has 0 N–H and O–H groups in total. The Balaban J connectivity index is 1.86. The average molecular weight is 435 g/mol. The maximum atomic E-state index is 14.5. The lowest BCUT2D eigenvalue weighted by Gasteiger charge is -2.28. The van der Waals surface area contributed by atoms with E-state index in [-0.39, 0.29) is 11.2 Å². The van der Waals surface area contributed by atoms with E-state index in [9.17, 15) is 4.39 Å². The van der Waals surface area contributed by atoms with Crippen LogP contribution in [0, 0.1) is 17.2 Å². The minimum atomic E-state index is -0.0381. The number of allylic oxidation sites excluding steroid dienone is 3. The summed E-state index contributed by atoms with van der Waals surface area (Å²) in [5, 5.41) is 0. The first kappa shape index (κ1) is 26.1. The fourth-order valence-electron chi connectivity index (χ4n) is 4.49. The van der Waals surface area contributed by atoms with Gasteiger partial charge in [0.05, 0.1) is 0 Å². The molecule has 0 amide bonds. The van der Waals surface area contributed by atoms with Gasteiger partial charge in [-0.1, -0.05) is 94.8 Å². The summed E-state index contributed by atoms with van der Waals surface area (Å²) < 4.78 is 14.5. The minimum absolute atomic E-state index is 0.0381. The number of hydrogen-bond acceptors (Lipinski definition) is 0. The quantitative estimate of drug-likeness (QED) is 0.205. The topological polar surface area (TPSA) is 0 Å². The molecule has 0 aromatic heterocycles. The molecule has 2 aromatic carbocycles. The van der Waals surface area contributed by atoms with Crippen LogP contribution in [0.5, 0.6) is 0 Å². The van der Waals surface area contributed by atoms with E-state index in [4.69, 9.17) is 0 Å².